The van der Waals surface area contributed by atoms with Gasteiger partial charge in [-0.15, -0.1) is 4.98 Å². The van der Waals surface area contributed by atoms with E-state index in [-0.39, 0.29) is 29.3 Å². The van der Waals surface area contributed by atoms with Gasteiger partial charge in [0.15, 0.2) is 0 Å². The number of ether oxygens (including phenoxy) is 3. The monoisotopic (exact) mass is 443 g/mol. The molecule has 1 aromatic carbocycles. The second-order valence-electron chi connectivity index (χ2n) is 4.95. The van der Waals surface area contributed by atoms with E-state index in [4.69, 9.17) is 14.2 Å². The summed E-state index contributed by atoms with van der Waals surface area (Å²) in [6.45, 7) is 1.65. The van der Waals surface area contributed by atoms with Gasteiger partial charge in [-0.1, -0.05) is 12.1 Å². The Kier molecular flexibility index (Phi) is 7.55. The number of hydrogen-bond acceptors (Lipinski definition) is 11. The van der Waals surface area contributed by atoms with Crippen LogP contribution in [0.1, 0.15) is 17.3 Å². The quantitative estimate of drug-likeness (QED) is 0.438. The summed E-state index contributed by atoms with van der Waals surface area (Å²) in [7, 11) is -1.70. The number of nitrogens with one attached hydrogen (secondary N) is 2. The minimum atomic E-state index is -4.36. The predicted molar refractivity (Wildman–Crippen MR) is 100 cm³/mol. The Bertz CT molecular complexity index is 978. The molecule has 0 aliphatic heterocycles. The Hall–Kier alpha value is -3.13. The molecule has 0 atom stereocenters. The number of aromatic nitrogens is 3. The van der Waals surface area contributed by atoms with E-state index in [1.54, 1.807) is 11.6 Å². The average molecular weight is 443 g/mol. The van der Waals surface area contributed by atoms with Crippen LogP contribution >= 0.6 is 11.9 Å². The van der Waals surface area contributed by atoms with Crippen LogP contribution in [0.2, 0.25) is 0 Å². The molecule has 0 saturated carbocycles. The molecule has 29 heavy (non-hydrogen) atoms. The highest BCUT2D eigenvalue weighted by Crippen LogP contribution is 2.18. The van der Waals surface area contributed by atoms with Crippen molar-refractivity contribution < 1.29 is 32.2 Å². The van der Waals surface area contributed by atoms with Crippen molar-refractivity contribution in [1.29, 1.82) is 0 Å². The third-order valence-corrected chi connectivity index (χ3v) is 5.11. The topological polar surface area (TPSA) is 159 Å². The zero-order valence-corrected chi connectivity index (χ0v) is 17.2. The second kappa shape index (κ2) is 9.88. The van der Waals surface area contributed by atoms with E-state index in [1.807, 2.05) is 0 Å². The fourth-order valence-corrected chi connectivity index (χ4v) is 3.57. The number of sulfonamides is 1. The lowest BCUT2D eigenvalue weighted by atomic mass is 10.2. The number of amides is 2. The van der Waals surface area contributed by atoms with Gasteiger partial charge in [0.25, 0.3) is 10.0 Å². The molecule has 156 valence electrons. The summed E-state index contributed by atoms with van der Waals surface area (Å²) in [4.78, 5) is 35.1. The highest BCUT2D eigenvalue weighted by atomic mass is 32.2. The van der Waals surface area contributed by atoms with Crippen LogP contribution in [0.4, 0.5) is 4.79 Å². The van der Waals surface area contributed by atoms with Crippen molar-refractivity contribution >= 4 is 34.0 Å². The van der Waals surface area contributed by atoms with Crippen LogP contribution in [0, 0.1) is 0 Å². The maximum absolute atomic E-state index is 12.5. The van der Waals surface area contributed by atoms with Gasteiger partial charge in [0.2, 0.25) is 5.16 Å². The van der Waals surface area contributed by atoms with Gasteiger partial charge in [-0.3, -0.25) is 4.72 Å². The van der Waals surface area contributed by atoms with Crippen LogP contribution in [0.15, 0.2) is 34.3 Å². The first-order valence-electron chi connectivity index (χ1n) is 7.90. The number of urea groups is 1. The smallest absolute Gasteiger partial charge is 0.339 e. The zero-order valence-electron chi connectivity index (χ0n) is 15.5. The first-order chi connectivity index (χ1) is 13.8. The van der Waals surface area contributed by atoms with Gasteiger partial charge >= 0.3 is 24.0 Å². The van der Waals surface area contributed by atoms with Gasteiger partial charge in [-0.25, -0.2) is 22.7 Å². The lowest BCUT2D eigenvalue weighted by Crippen LogP contribution is -2.37. The van der Waals surface area contributed by atoms with Gasteiger partial charge < -0.3 is 14.2 Å². The molecule has 0 bridgehead atoms. The largest absolute Gasteiger partial charge is 0.467 e. The Morgan fingerprint density at radius 2 is 1.69 bits per heavy atom. The molecule has 2 rings (SSSR count). The third-order valence-electron chi connectivity index (χ3n) is 3.07. The van der Waals surface area contributed by atoms with Gasteiger partial charge in [-0.05, 0) is 19.1 Å². The Morgan fingerprint density at radius 3 is 2.28 bits per heavy atom. The molecule has 0 aliphatic carbocycles. The normalized spacial score (nSPS) is 10.7. The Balaban J connectivity index is 2.12. The van der Waals surface area contributed by atoms with E-state index < -0.39 is 26.9 Å². The lowest BCUT2D eigenvalue weighted by Gasteiger charge is -2.11. The number of carbonyl (C=O) groups is 2. The van der Waals surface area contributed by atoms with Crippen LogP contribution in [-0.4, -0.2) is 56.2 Å². The number of methoxy groups -OCH3 is 2. The summed E-state index contributed by atoms with van der Waals surface area (Å²) in [6, 6.07) is 4.14. The first-order valence-corrected chi connectivity index (χ1v) is 10.2. The molecule has 1 aromatic heterocycles. The standard InChI is InChI=1S/C15H17N5O7S2/c1-4-27-11(21)9-7-5-6-8-10(9)29(23,24)20-12(22)19-28-15-17-13(25-2)16-14(18-15)26-3/h5-8H,4H2,1-3H3,(H2,19,20,22). The number of nitrogens with zero attached hydrogens (tertiary/aromatic N) is 3. The van der Waals surface area contributed by atoms with Crippen molar-refractivity contribution in [3.63, 3.8) is 0 Å². The predicted octanol–water partition coefficient (Wildman–Crippen LogP) is 0.761. The minimum Gasteiger partial charge on any atom is -0.467 e. The van der Waals surface area contributed by atoms with E-state index in [9.17, 15) is 18.0 Å². The van der Waals surface area contributed by atoms with Gasteiger partial charge in [0, 0.05) is 11.9 Å². The molecule has 0 fully saturated rings. The SMILES string of the molecule is CCOC(=O)c1ccccc1S(=O)(=O)NC(=O)NSc1nc(OC)nc(OC)n1. The summed E-state index contributed by atoms with van der Waals surface area (Å²) in [5.74, 6) is -0.826. The molecular formula is C15H17N5O7S2. The number of hydrogen-bond donors (Lipinski definition) is 2. The van der Waals surface area contributed by atoms with Crippen molar-refractivity contribution in [3.8, 4) is 12.0 Å². The molecule has 12 nitrogen and oxygen atoms in total. The van der Waals surface area contributed by atoms with Crippen molar-refractivity contribution in [1.82, 2.24) is 24.4 Å². The number of esters is 1. The molecule has 0 radical (unpaired) electrons. The third kappa shape index (κ3) is 5.92. The van der Waals surface area contributed by atoms with Crippen LogP contribution in [0.5, 0.6) is 12.0 Å². The minimum absolute atomic E-state index is 0.00632. The molecular weight excluding hydrogens is 426 g/mol. The molecule has 2 amide bonds. The average Bonchev–Trinajstić information content (AvgIpc) is 2.71. The molecule has 2 aromatic rings. The summed E-state index contributed by atoms with van der Waals surface area (Å²) in [5.41, 5.74) is -0.200. The molecule has 14 heteroatoms. The van der Waals surface area contributed by atoms with E-state index in [0.717, 1.165) is 0 Å². The summed E-state index contributed by atoms with van der Waals surface area (Å²) in [6.07, 6.45) is 0. The number of carbonyl (C=O) groups excluding carboxylic acids is 2. The summed E-state index contributed by atoms with van der Waals surface area (Å²) < 4.78 is 43.6. The fourth-order valence-electron chi connectivity index (χ4n) is 1.92. The second-order valence-corrected chi connectivity index (χ2v) is 7.37. The first kappa shape index (κ1) is 22.2. The highest BCUT2D eigenvalue weighted by Gasteiger charge is 2.25. The zero-order chi connectivity index (χ0) is 21.4. The van der Waals surface area contributed by atoms with Crippen LogP contribution < -0.4 is 18.9 Å². The van der Waals surface area contributed by atoms with Crippen LogP contribution in [-0.2, 0) is 14.8 Å². The molecule has 0 aliphatic rings. The van der Waals surface area contributed by atoms with Crippen LogP contribution in [0.25, 0.3) is 0 Å². The van der Waals surface area contributed by atoms with E-state index >= 15 is 0 Å². The van der Waals surface area contributed by atoms with Gasteiger partial charge in [0.1, 0.15) is 4.90 Å². The Morgan fingerprint density at radius 1 is 1.07 bits per heavy atom. The lowest BCUT2D eigenvalue weighted by molar-refractivity contribution is 0.0521. The molecule has 0 saturated heterocycles. The van der Waals surface area contributed by atoms with E-state index in [0.29, 0.717) is 11.9 Å². The molecule has 0 spiro atoms. The Labute approximate surface area is 170 Å². The van der Waals surface area contributed by atoms with E-state index in [2.05, 4.69) is 19.7 Å². The van der Waals surface area contributed by atoms with Gasteiger partial charge in [-0.2, -0.15) is 9.97 Å². The van der Waals surface area contributed by atoms with Crippen molar-refractivity contribution in [2.24, 2.45) is 0 Å². The van der Waals surface area contributed by atoms with Crippen molar-refractivity contribution in [2.75, 3.05) is 20.8 Å². The van der Waals surface area contributed by atoms with E-state index in [1.165, 1.54) is 38.5 Å². The maximum Gasteiger partial charge on any atom is 0.339 e. The number of benzene rings is 1. The van der Waals surface area contributed by atoms with Gasteiger partial charge in [0.05, 0.1) is 26.4 Å². The highest BCUT2D eigenvalue weighted by molar-refractivity contribution is 7.98. The van der Waals surface area contributed by atoms with Crippen LogP contribution in [0.3, 0.4) is 0 Å². The molecule has 0 unspecified atom stereocenters. The summed E-state index contributed by atoms with van der Waals surface area (Å²) >= 11 is 0.602. The molecule has 1 heterocycles. The maximum atomic E-state index is 12.5. The van der Waals surface area contributed by atoms with Crippen molar-refractivity contribution in [2.45, 2.75) is 17.0 Å². The summed E-state index contributed by atoms with van der Waals surface area (Å²) in [5, 5.41) is -0.00632. The van der Waals surface area contributed by atoms with Crippen molar-refractivity contribution in [3.05, 3.63) is 29.8 Å². The number of rotatable bonds is 8. The molecule has 2 N–H and O–H groups in total. The fraction of sp³-hybridized carbons (Fsp3) is 0.267.